The van der Waals surface area contributed by atoms with E-state index in [0.29, 0.717) is 12.6 Å². The van der Waals surface area contributed by atoms with Gasteiger partial charge in [0.2, 0.25) is 5.91 Å². The molecule has 1 saturated carbocycles. The van der Waals surface area contributed by atoms with E-state index < -0.39 is 0 Å². The highest BCUT2D eigenvalue weighted by atomic mass is 16.2. The van der Waals surface area contributed by atoms with Gasteiger partial charge in [0.05, 0.1) is 11.4 Å². The highest BCUT2D eigenvalue weighted by Gasteiger charge is 2.27. The molecular formula is C17H25N3O. The van der Waals surface area contributed by atoms with Crippen LogP contribution in [0.3, 0.4) is 0 Å². The summed E-state index contributed by atoms with van der Waals surface area (Å²) < 4.78 is 0. The van der Waals surface area contributed by atoms with E-state index in [9.17, 15) is 4.79 Å². The Hall–Kier alpha value is -1.71. The highest BCUT2D eigenvalue weighted by molar-refractivity contribution is 5.88. The Morgan fingerprint density at radius 3 is 2.90 bits per heavy atom. The first-order valence-electron chi connectivity index (χ1n) is 8.16. The van der Waals surface area contributed by atoms with Gasteiger partial charge in [0.1, 0.15) is 6.04 Å². The Morgan fingerprint density at radius 2 is 2.10 bits per heavy atom. The van der Waals surface area contributed by atoms with Crippen LogP contribution in [0.15, 0.2) is 24.3 Å². The molecule has 3 N–H and O–H groups in total. The predicted molar refractivity (Wildman–Crippen MR) is 86.5 cm³/mol. The molecule has 4 heteroatoms. The zero-order valence-electron chi connectivity index (χ0n) is 12.7. The fourth-order valence-electron chi connectivity index (χ4n) is 3.47. The maximum atomic E-state index is 12.5. The largest absolute Gasteiger partial charge is 0.381 e. The van der Waals surface area contributed by atoms with Crippen molar-refractivity contribution >= 4 is 17.3 Å². The number of carbonyl (C=O) groups excluding carboxylic acids is 1. The van der Waals surface area contributed by atoms with Crippen LogP contribution in [0.2, 0.25) is 0 Å². The summed E-state index contributed by atoms with van der Waals surface area (Å²) in [5.41, 5.74) is 2.09. The summed E-state index contributed by atoms with van der Waals surface area (Å²) in [5.74, 6) is 0.904. The molecule has 1 aliphatic carbocycles. The summed E-state index contributed by atoms with van der Waals surface area (Å²) >= 11 is 0. The van der Waals surface area contributed by atoms with E-state index >= 15 is 0 Å². The van der Waals surface area contributed by atoms with Crippen LogP contribution in [0, 0.1) is 5.92 Å². The monoisotopic (exact) mass is 287 g/mol. The number of para-hydroxylation sites is 2. The molecule has 1 heterocycles. The number of hydrogen-bond acceptors (Lipinski definition) is 3. The first kappa shape index (κ1) is 14.2. The molecule has 3 atom stereocenters. The van der Waals surface area contributed by atoms with Crippen molar-refractivity contribution in [3.63, 3.8) is 0 Å². The number of carbonyl (C=O) groups is 1. The molecule has 0 radical (unpaired) electrons. The molecule has 1 fully saturated rings. The van der Waals surface area contributed by atoms with Gasteiger partial charge in [-0.25, -0.2) is 0 Å². The van der Waals surface area contributed by atoms with Crippen molar-refractivity contribution < 1.29 is 4.79 Å². The van der Waals surface area contributed by atoms with Crippen molar-refractivity contribution in [1.29, 1.82) is 0 Å². The van der Waals surface area contributed by atoms with Gasteiger partial charge < -0.3 is 16.0 Å². The molecule has 0 aromatic heterocycles. The quantitative estimate of drug-likeness (QED) is 0.801. The molecule has 0 bridgehead atoms. The average Bonchev–Trinajstić information content (AvgIpc) is 2.54. The number of anilines is 2. The predicted octanol–water partition coefficient (Wildman–Crippen LogP) is 2.98. The lowest BCUT2D eigenvalue weighted by molar-refractivity contribution is -0.122. The van der Waals surface area contributed by atoms with E-state index in [0.717, 1.165) is 30.1 Å². The maximum Gasteiger partial charge on any atom is 0.244 e. The normalized spacial score (nSPS) is 28.0. The second-order valence-electron chi connectivity index (χ2n) is 6.27. The fourth-order valence-corrected chi connectivity index (χ4v) is 3.47. The fraction of sp³-hybridized carbons (Fsp3) is 0.588. The number of fused-ring (bicyclic) bond motifs is 1. The molecule has 3 rings (SSSR count). The SMILES string of the molecule is CCC1CCCC(NC(=O)C2CNc3ccccc3N2)C1. The Balaban J connectivity index is 1.57. The van der Waals surface area contributed by atoms with E-state index in [1.807, 2.05) is 24.3 Å². The van der Waals surface area contributed by atoms with Crippen LogP contribution in [0.4, 0.5) is 11.4 Å². The first-order chi connectivity index (χ1) is 10.3. The summed E-state index contributed by atoms with van der Waals surface area (Å²) in [6, 6.07) is 8.21. The molecule has 0 saturated heterocycles. The molecule has 1 amide bonds. The lowest BCUT2D eigenvalue weighted by Crippen LogP contribution is -2.50. The minimum absolute atomic E-state index is 0.124. The van der Waals surface area contributed by atoms with Crippen molar-refractivity contribution in [2.45, 2.75) is 51.1 Å². The van der Waals surface area contributed by atoms with Crippen molar-refractivity contribution in [2.75, 3.05) is 17.2 Å². The number of rotatable bonds is 3. The van der Waals surface area contributed by atoms with Gasteiger partial charge in [-0.3, -0.25) is 4.79 Å². The standard InChI is InChI=1S/C17H25N3O/c1-2-12-6-5-7-13(10-12)19-17(21)16-11-18-14-8-3-4-9-15(14)20-16/h3-4,8-9,12-13,16,18,20H,2,5-7,10-11H2,1H3,(H,19,21). The van der Waals surface area contributed by atoms with Crippen LogP contribution in [0.1, 0.15) is 39.0 Å². The van der Waals surface area contributed by atoms with Gasteiger partial charge in [-0.15, -0.1) is 0 Å². The summed E-state index contributed by atoms with van der Waals surface area (Å²) in [6.07, 6.45) is 6.04. The molecule has 114 valence electrons. The average molecular weight is 287 g/mol. The summed E-state index contributed by atoms with van der Waals surface area (Å²) in [6.45, 7) is 2.89. The third-order valence-corrected chi connectivity index (χ3v) is 4.78. The highest BCUT2D eigenvalue weighted by Crippen LogP contribution is 2.28. The maximum absolute atomic E-state index is 12.5. The minimum Gasteiger partial charge on any atom is -0.381 e. The zero-order valence-corrected chi connectivity index (χ0v) is 12.7. The summed E-state index contributed by atoms with van der Waals surface area (Å²) in [5, 5.41) is 9.91. The van der Waals surface area contributed by atoms with Gasteiger partial charge >= 0.3 is 0 Å². The smallest absolute Gasteiger partial charge is 0.244 e. The molecule has 0 spiro atoms. The Bertz CT molecular complexity index is 503. The Morgan fingerprint density at radius 1 is 1.29 bits per heavy atom. The summed E-state index contributed by atoms with van der Waals surface area (Å²) in [7, 11) is 0. The molecule has 3 unspecified atom stereocenters. The van der Waals surface area contributed by atoms with Gasteiger partial charge in [-0.1, -0.05) is 38.3 Å². The molecule has 21 heavy (non-hydrogen) atoms. The number of amides is 1. The van der Waals surface area contributed by atoms with Crippen molar-refractivity contribution in [3.8, 4) is 0 Å². The van der Waals surface area contributed by atoms with Crippen molar-refractivity contribution in [1.82, 2.24) is 5.32 Å². The van der Waals surface area contributed by atoms with E-state index in [-0.39, 0.29) is 11.9 Å². The van der Waals surface area contributed by atoms with E-state index in [1.165, 1.54) is 19.3 Å². The number of hydrogen-bond donors (Lipinski definition) is 3. The second-order valence-corrected chi connectivity index (χ2v) is 6.27. The molecule has 1 aromatic carbocycles. The molecule has 2 aliphatic rings. The number of benzene rings is 1. The second kappa shape index (κ2) is 6.37. The van der Waals surface area contributed by atoms with Gasteiger partial charge in [-0.2, -0.15) is 0 Å². The topological polar surface area (TPSA) is 53.2 Å². The van der Waals surface area contributed by atoms with Gasteiger partial charge in [0.25, 0.3) is 0 Å². The van der Waals surface area contributed by atoms with Crippen LogP contribution in [0.5, 0.6) is 0 Å². The minimum atomic E-state index is -0.179. The lowest BCUT2D eigenvalue weighted by Gasteiger charge is -2.32. The van der Waals surface area contributed by atoms with E-state index in [1.54, 1.807) is 0 Å². The van der Waals surface area contributed by atoms with E-state index in [2.05, 4.69) is 22.9 Å². The third-order valence-electron chi connectivity index (χ3n) is 4.78. The molecule has 1 aromatic rings. The van der Waals surface area contributed by atoms with Crippen molar-refractivity contribution in [2.24, 2.45) is 5.92 Å². The van der Waals surface area contributed by atoms with Gasteiger partial charge in [-0.05, 0) is 30.9 Å². The van der Waals surface area contributed by atoms with Crippen LogP contribution in [0.25, 0.3) is 0 Å². The van der Waals surface area contributed by atoms with Gasteiger partial charge in [0, 0.05) is 12.6 Å². The Labute approximate surface area is 126 Å². The first-order valence-corrected chi connectivity index (χ1v) is 8.16. The molecule has 4 nitrogen and oxygen atoms in total. The summed E-state index contributed by atoms with van der Waals surface area (Å²) in [4.78, 5) is 12.5. The van der Waals surface area contributed by atoms with Crippen LogP contribution >= 0.6 is 0 Å². The number of nitrogens with one attached hydrogen (secondary N) is 3. The van der Waals surface area contributed by atoms with Crippen LogP contribution in [-0.4, -0.2) is 24.5 Å². The van der Waals surface area contributed by atoms with Gasteiger partial charge in [0.15, 0.2) is 0 Å². The van der Waals surface area contributed by atoms with Crippen LogP contribution < -0.4 is 16.0 Å². The lowest BCUT2D eigenvalue weighted by atomic mass is 9.84. The van der Waals surface area contributed by atoms with Crippen LogP contribution in [-0.2, 0) is 4.79 Å². The van der Waals surface area contributed by atoms with E-state index in [4.69, 9.17) is 0 Å². The molecule has 1 aliphatic heterocycles. The van der Waals surface area contributed by atoms with Crippen molar-refractivity contribution in [3.05, 3.63) is 24.3 Å². The molecular weight excluding hydrogens is 262 g/mol. The zero-order chi connectivity index (χ0) is 14.7. The third kappa shape index (κ3) is 3.31. The Kier molecular flexibility index (Phi) is 4.32.